The minimum Gasteiger partial charge on any atom is -0.398 e. The zero-order valence-electron chi connectivity index (χ0n) is 11.8. The molecule has 1 aromatic rings. The minimum absolute atomic E-state index is 0.00307. The fourth-order valence-corrected chi connectivity index (χ4v) is 3.67. The van der Waals surface area contributed by atoms with E-state index in [1.165, 1.54) is 0 Å². The lowest BCUT2D eigenvalue weighted by Crippen LogP contribution is -2.47. The zero-order chi connectivity index (χ0) is 14.7. The van der Waals surface area contributed by atoms with E-state index in [4.69, 9.17) is 22.1 Å². The lowest BCUT2D eigenvalue weighted by Gasteiger charge is -2.35. The van der Waals surface area contributed by atoms with Gasteiger partial charge in [-0.3, -0.25) is 9.11 Å². The maximum absolute atomic E-state index is 12.4. The van der Waals surface area contributed by atoms with E-state index < -0.39 is 10.8 Å². The van der Waals surface area contributed by atoms with Crippen LogP contribution in [0.2, 0.25) is 5.02 Å². The average molecular weight is 317 g/mol. The van der Waals surface area contributed by atoms with Crippen LogP contribution in [0.1, 0.15) is 13.8 Å². The first-order valence-corrected chi connectivity index (χ1v) is 8.46. The van der Waals surface area contributed by atoms with Crippen molar-refractivity contribution >= 4 is 28.1 Å². The van der Waals surface area contributed by atoms with Gasteiger partial charge in [0.1, 0.15) is 0 Å². The molecule has 0 saturated carbocycles. The van der Waals surface area contributed by atoms with E-state index in [2.05, 4.69) is 18.7 Å². The molecule has 0 aromatic heterocycles. The van der Waals surface area contributed by atoms with Crippen LogP contribution in [0.5, 0.6) is 0 Å². The van der Waals surface area contributed by atoms with E-state index in [-0.39, 0.29) is 6.10 Å². The Balaban J connectivity index is 1.98. The van der Waals surface area contributed by atoms with E-state index in [1.807, 2.05) is 0 Å². The van der Waals surface area contributed by atoms with E-state index in [1.54, 1.807) is 18.2 Å². The van der Waals surface area contributed by atoms with Gasteiger partial charge in [-0.15, -0.1) is 0 Å². The summed E-state index contributed by atoms with van der Waals surface area (Å²) in [5, 5.41) is 0.448. The van der Waals surface area contributed by atoms with Crippen LogP contribution in [0.3, 0.4) is 0 Å². The summed E-state index contributed by atoms with van der Waals surface area (Å²) in [5.74, 6) is 0.490. The van der Waals surface area contributed by atoms with E-state index in [0.717, 1.165) is 13.1 Å². The Bertz CT molecular complexity index is 496. The zero-order valence-corrected chi connectivity index (χ0v) is 13.4. The smallest absolute Gasteiger partial charge is 0.0821 e. The molecule has 1 fully saturated rings. The molecule has 1 aliphatic rings. The van der Waals surface area contributed by atoms with Crippen molar-refractivity contribution in [2.45, 2.75) is 30.9 Å². The SMILES string of the molecule is CC(C)N1CCOC(CS(=O)c2ccc(N)c(Cl)c2)C1. The molecule has 2 N–H and O–H groups in total. The molecule has 1 aromatic carbocycles. The fraction of sp³-hybridized carbons (Fsp3) is 0.571. The summed E-state index contributed by atoms with van der Waals surface area (Å²) in [6.07, 6.45) is 0.00307. The Hall–Kier alpha value is -0.620. The summed E-state index contributed by atoms with van der Waals surface area (Å²) in [6.45, 7) is 6.79. The highest BCUT2D eigenvalue weighted by molar-refractivity contribution is 7.85. The molecule has 1 aliphatic heterocycles. The number of benzene rings is 1. The normalized spacial score (nSPS) is 22.1. The van der Waals surface area contributed by atoms with Crippen molar-refractivity contribution in [1.29, 1.82) is 0 Å². The molecule has 6 heteroatoms. The molecule has 2 unspecified atom stereocenters. The number of nitrogen functional groups attached to an aromatic ring is 1. The van der Waals surface area contributed by atoms with Gasteiger partial charge in [0.15, 0.2) is 0 Å². The van der Waals surface area contributed by atoms with Gasteiger partial charge in [0.25, 0.3) is 0 Å². The van der Waals surface area contributed by atoms with Crippen LogP contribution in [-0.4, -0.2) is 46.7 Å². The summed E-state index contributed by atoms with van der Waals surface area (Å²) in [5.41, 5.74) is 6.17. The topological polar surface area (TPSA) is 55.6 Å². The highest BCUT2D eigenvalue weighted by Gasteiger charge is 2.24. The van der Waals surface area contributed by atoms with E-state index in [9.17, 15) is 4.21 Å². The number of anilines is 1. The predicted molar refractivity (Wildman–Crippen MR) is 83.6 cm³/mol. The summed E-state index contributed by atoms with van der Waals surface area (Å²) < 4.78 is 18.1. The third kappa shape index (κ3) is 3.95. The van der Waals surface area contributed by atoms with Gasteiger partial charge in [0.05, 0.1) is 40.0 Å². The van der Waals surface area contributed by atoms with Gasteiger partial charge in [-0.25, -0.2) is 0 Å². The second-order valence-electron chi connectivity index (χ2n) is 5.28. The molecule has 0 bridgehead atoms. The maximum atomic E-state index is 12.4. The fourth-order valence-electron chi connectivity index (χ4n) is 2.23. The van der Waals surface area contributed by atoms with Crippen molar-refractivity contribution < 1.29 is 8.95 Å². The first-order chi connectivity index (χ1) is 9.47. The molecule has 112 valence electrons. The molecule has 2 atom stereocenters. The number of ether oxygens (including phenoxy) is 1. The minimum atomic E-state index is -1.12. The Labute approximate surface area is 127 Å². The molecular formula is C14H21ClN2O2S. The Morgan fingerprint density at radius 3 is 2.95 bits per heavy atom. The third-order valence-corrected chi connectivity index (χ3v) is 5.25. The Morgan fingerprint density at radius 2 is 2.30 bits per heavy atom. The standard InChI is InChI=1S/C14H21ClN2O2S/c1-10(2)17-5-6-19-11(8-17)9-20(18)12-3-4-14(16)13(15)7-12/h3-4,7,10-11H,5-6,8-9,16H2,1-2H3. The van der Waals surface area contributed by atoms with Crippen LogP contribution in [0, 0.1) is 0 Å². The average Bonchev–Trinajstić information content (AvgIpc) is 2.42. The first-order valence-electron chi connectivity index (χ1n) is 6.76. The van der Waals surface area contributed by atoms with E-state index in [0.29, 0.717) is 34.0 Å². The van der Waals surface area contributed by atoms with Gasteiger partial charge >= 0.3 is 0 Å². The number of nitrogens with zero attached hydrogens (tertiary/aromatic N) is 1. The van der Waals surface area contributed by atoms with E-state index >= 15 is 0 Å². The molecular weight excluding hydrogens is 296 g/mol. The van der Waals surface area contributed by atoms with Gasteiger partial charge in [-0.1, -0.05) is 11.6 Å². The summed E-state index contributed by atoms with van der Waals surface area (Å²) in [4.78, 5) is 3.05. The monoisotopic (exact) mass is 316 g/mol. The maximum Gasteiger partial charge on any atom is 0.0821 e. The van der Waals surface area contributed by atoms with Gasteiger partial charge < -0.3 is 10.5 Å². The second kappa shape index (κ2) is 6.89. The lowest BCUT2D eigenvalue weighted by atomic mass is 10.2. The van der Waals surface area contributed by atoms with Gasteiger partial charge in [0, 0.05) is 24.0 Å². The molecule has 0 aliphatic carbocycles. The van der Waals surface area contributed by atoms with Crippen molar-refractivity contribution in [3.8, 4) is 0 Å². The number of nitrogens with two attached hydrogens (primary N) is 1. The van der Waals surface area contributed by atoms with Crippen molar-refractivity contribution in [3.05, 3.63) is 23.2 Å². The first kappa shape index (κ1) is 15.8. The van der Waals surface area contributed by atoms with Gasteiger partial charge in [0.2, 0.25) is 0 Å². The summed E-state index contributed by atoms with van der Waals surface area (Å²) in [7, 11) is -1.12. The number of morpholine rings is 1. The molecule has 1 saturated heterocycles. The van der Waals surface area contributed by atoms with Crippen LogP contribution >= 0.6 is 11.6 Å². The Morgan fingerprint density at radius 1 is 1.55 bits per heavy atom. The summed E-state index contributed by atoms with van der Waals surface area (Å²) in [6, 6.07) is 5.62. The van der Waals surface area contributed by atoms with Crippen LogP contribution in [0.4, 0.5) is 5.69 Å². The van der Waals surface area contributed by atoms with Gasteiger partial charge in [-0.2, -0.15) is 0 Å². The lowest BCUT2D eigenvalue weighted by molar-refractivity contribution is -0.0268. The predicted octanol–water partition coefficient (Wildman–Crippen LogP) is 2.14. The van der Waals surface area contributed by atoms with Crippen molar-refractivity contribution in [2.24, 2.45) is 0 Å². The molecule has 0 amide bonds. The number of halogens is 1. The van der Waals surface area contributed by atoms with Crippen molar-refractivity contribution in [1.82, 2.24) is 4.90 Å². The number of hydrogen-bond donors (Lipinski definition) is 1. The van der Waals surface area contributed by atoms with Crippen LogP contribution in [0.25, 0.3) is 0 Å². The molecule has 4 nitrogen and oxygen atoms in total. The molecule has 1 heterocycles. The molecule has 0 radical (unpaired) electrons. The van der Waals surface area contributed by atoms with Gasteiger partial charge in [-0.05, 0) is 32.0 Å². The number of hydrogen-bond acceptors (Lipinski definition) is 4. The number of rotatable bonds is 4. The Kier molecular flexibility index (Phi) is 5.43. The van der Waals surface area contributed by atoms with Crippen LogP contribution < -0.4 is 5.73 Å². The van der Waals surface area contributed by atoms with Crippen molar-refractivity contribution in [2.75, 3.05) is 31.2 Å². The third-order valence-electron chi connectivity index (χ3n) is 3.47. The second-order valence-corrected chi connectivity index (χ2v) is 7.18. The molecule has 2 rings (SSSR count). The van der Waals surface area contributed by atoms with Crippen LogP contribution in [-0.2, 0) is 15.5 Å². The largest absolute Gasteiger partial charge is 0.398 e. The molecule has 20 heavy (non-hydrogen) atoms. The van der Waals surface area contributed by atoms with Crippen LogP contribution in [0.15, 0.2) is 23.1 Å². The quantitative estimate of drug-likeness (QED) is 0.865. The van der Waals surface area contributed by atoms with Crippen molar-refractivity contribution in [3.63, 3.8) is 0 Å². The highest BCUT2D eigenvalue weighted by Crippen LogP contribution is 2.22. The summed E-state index contributed by atoms with van der Waals surface area (Å²) >= 11 is 5.97. The highest BCUT2D eigenvalue weighted by atomic mass is 35.5. The molecule has 0 spiro atoms.